The molecule has 108 valence electrons. The molecule has 0 aliphatic heterocycles. The molecule has 1 heterocycles. The summed E-state index contributed by atoms with van der Waals surface area (Å²) in [5, 5.41) is 9.78. The number of H-pyrrole nitrogens is 1. The zero-order valence-electron chi connectivity index (χ0n) is 11.3. The number of aromatic nitrogens is 2. The Hall–Kier alpha value is -1.70. The van der Waals surface area contributed by atoms with E-state index in [0.29, 0.717) is 19.6 Å². The number of hydrogen-bond donors (Lipinski definition) is 3. The third kappa shape index (κ3) is 4.16. The second-order valence-corrected chi connectivity index (χ2v) is 6.24. The molecule has 2 aromatic rings. The Bertz CT molecular complexity index is 621. The lowest BCUT2D eigenvalue weighted by atomic mass is 10.2. The van der Waals surface area contributed by atoms with Crippen LogP contribution in [0.25, 0.3) is 0 Å². The van der Waals surface area contributed by atoms with Gasteiger partial charge in [0, 0.05) is 31.5 Å². The maximum Gasteiger partial charge on any atom is 0.240 e. The van der Waals surface area contributed by atoms with E-state index in [1.807, 2.05) is 13.0 Å². The first-order chi connectivity index (χ1) is 9.58. The van der Waals surface area contributed by atoms with Crippen molar-refractivity contribution in [3.8, 4) is 0 Å². The Balaban J connectivity index is 1.76. The topological polar surface area (TPSA) is 86.9 Å². The second-order valence-electron chi connectivity index (χ2n) is 4.47. The standard InChI is InChI=1S/C13H18N4O2S/c1-11-2-4-13(5-3-11)20(18,19)16-9-8-14-10-12-6-7-15-17-12/h2-7,14,16H,8-10H2,1H3,(H,15,17). The SMILES string of the molecule is Cc1ccc(S(=O)(=O)NCCNCc2ccn[nH]2)cc1. The third-order valence-corrected chi connectivity index (χ3v) is 4.28. The van der Waals surface area contributed by atoms with Crippen molar-refractivity contribution in [3.05, 3.63) is 47.8 Å². The molecule has 1 aromatic carbocycles. The zero-order chi connectivity index (χ0) is 14.4. The highest BCUT2D eigenvalue weighted by Gasteiger charge is 2.12. The Morgan fingerprint density at radius 1 is 1.15 bits per heavy atom. The lowest BCUT2D eigenvalue weighted by Gasteiger charge is -2.07. The molecule has 0 unspecified atom stereocenters. The zero-order valence-corrected chi connectivity index (χ0v) is 12.1. The first-order valence-corrected chi connectivity index (χ1v) is 7.81. The smallest absolute Gasteiger partial charge is 0.240 e. The van der Waals surface area contributed by atoms with Gasteiger partial charge in [0.05, 0.1) is 4.90 Å². The number of nitrogens with one attached hydrogen (secondary N) is 3. The molecule has 0 bridgehead atoms. The highest BCUT2D eigenvalue weighted by molar-refractivity contribution is 7.89. The monoisotopic (exact) mass is 294 g/mol. The van der Waals surface area contributed by atoms with Crippen LogP contribution in [-0.4, -0.2) is 31.7 Å². The summed E-state index contributed by atoms with van der Waals surface area (Å²) in [7, 11) is -3.42. The van der Waals surface area contributed by atoms with Gasteiger partial charge in [-0.2, -0.15) is 5.10 Å². The molecule has 0 spiro atoms. The first kappa shape index (κ1) is 14.7. The van der Waals surface area contributed by atoms with Crippen molar-refractivity contribution in [3.63, 3.8) is 0 Å². The minimum absolute atomic E-state index is 0.289. The van der Waals surface area contributed by atoms with Crippen LogP contribution in [-0.2, 0) is 16.6 Å². The van der Waals surface area contributed by atoms with Crippen LogP contribution in [0.15, 0.2) is 41.4 Å². The van der Waals surface area contributed by atoms with Crippen molar-refractivity contribution in [1.29, 1.82) is 0 Å². The highest BCUT2D eigenvalue weighted by Crippen LogP contribution is 2.09. The maximum atomic E-state index is 12.0. The molecule has 0 saturated carbocycles. The molecule has 0 radical (unpaired) electrons. The largest absolute Gasteiger partial charge is 0.310 e. The summed E-state index contributed by atoms with van der Waals surface area (Å²) in [6, 6.07) is 8.64. The number of aryl methyl sites for hydroxylation is 1. The molecule has 0 saturated heterocycles. The van der Waals surface area contributed by atoms with Crippen LogP contribution in [0.5, 0.6) is 0 Å². The van der Waals surface area contributed by atoms with Gasteiger partial charge in [-0.1, -0.05) is 17.7 Å². The van der Waals surface area contributed by atoms with E-state index in [4.69, 9.17) is 0 Å². The van der Waals surface area contributed by atoms with Gasteiger partial charge in [-0.15, -0.1) is 0 Å². The van der Waals surface area contributed by atoms with Crippen LogP contribution < -0.4 is 10.0 Å². The summed E-state index contributed by atoms with van der Waals surface area (Å²) >= 11 is 0. The summed E-state index contributed by atoms with van der Waals surface area (Å²) in [6.45, 7) is 3.43. The molecule has 0 atom stereocenters. The van der Waals surface area contributed by atoms with E-state index in [2.05, 4.69) is 20.2 Å². The summed E-state index contributed by atoms with van der Waals surface area (Å²) in [5.74, 6) is 0. The Labute approximate surface area is 118 Å². The van der Waals surface area contributed by atoms with E-state index in [9.17, 15) is 8.42 Å². The summed E-state index contributed by atoms with van der Waals surface area (Å²) in [4.78, 5) is 0.289. The molecule has 0 amide bonds. The molecule has 2 rings (SSSR count). The third-order valence-electron chi connectivity index (χ3n) is 2.80. The van der Waals surface area contributed by atoms with Crippen molar-refractivity contribution >= 4 is 10.0 Å². The van der Waals surface area contributed by atoms with E-state index in [-0.39, 0.29) is 4.90 Å². The van der Waals surface area contributed by atoms with Crippen molar-refractivity contribution < 1.29 is 8.42 Å². The minimum Gasteiger partial charge on any atom is -0.310 e. The molecule has 7 heteroatoms. The molecule has 0 fully saturated rings. The molecule has 0 aliphatic carbocycles. The first-order valence-electron chi connectivity index (χ1n) is 6.33. The summed E-state index contributed by atoms with van der Waals surface area (Å²) < 4.78 is 26.5. The maximum absolute atomic E-state index is 12.0. The van der Waals surface area contributed by atoms with Gasteiger partial charge < -0.3 is 5.32 Å². The molecule has 1 aromatic heterocycles. The number of aromatic amines is 1. The van der Waals surface area contributed by atoms with E-state index in [1.165, 1.54) is 0 Å². The van der Waals surface area contributed by atoms with Crippen LogP contribution in [0.2, 0.25) is 0 Å². The fraction of sp³-hybridized carbons (Fsp3) is 0.308. The van der Waals surface area contributed by atoms with Crippen LogP contribution in [0.4, 0.5) is 0 Å². The number of nitrogens with zero attached hydrogens (tertiary/aromatic N) is 1. The molecule has 0 aliphatic rings. The van der Waals surface area contributed by atoms with Crippen LogP contribution in [0.1, 0.15) is 11.3 Å². The Morgan fingerprint density at radius 3 is 2.55 bits per heavy atom. The lowest BCUT2D eigenvalue weighted by molar-refractivity contribution is 0.575. The van der Waals surface area contributed by atoms with E-state index in [0.717, 1.165) is 11.3 Å². The molecule has 3 N–H and O–H groups in total. The van der Waals surface area contributed by atoms with Crippen molar-refractivity contribution in [2.45, 2.75) is 18.4 Å². The van der Waals surface area contributed by atoms with Gasteiger partial charge in [0.1, 0.15) is 0 Å². The molecule has 6 nitrogen and oxygen atoms in total. The average Bonchev–Trinajstić information content (AvgIpc) is 2.92. The van der Waals surface area contributed by atoms with Gasteiger partial charge in [0.25, 0.3) is 0 Å². The Morgan fingerprint density at radius 2 is 1.90 bits per heavy atom. The van der Waals surface area contributed by atoms with Gasteiger partial charge in [0.15, 0.2) is 0 Å². The normalized spacial score (nSPS) is 11.7. The van der Waals surface area contributed by atoms with Crippen molar-refractivity contribution in [2.24, 2.45) is 0 Å². The van der Waals surface area contributed by atoms with E-state index >= 15 is 0 Å². The van der Waals surface area contributed by atoms with Crippen molar-refractivity contribution in [2.75, 3.05) is 13.1 Å². The minimum atomic E-state index is -3.42. The molecular weight excluding hydrogens is 276 g/mol. The fourth-order valence-electron chi connectivity index (χ4n) is 1.68. The number of benzene rings is 1. The number of sulfonamides is 1. The second kappa shape index (κ2) is 6.65. The lowest BCUT2D eigenvalue weighted by Crippen LogP contribution is -2.31. The fourth-order valence-corrected chi connectivity index (χ4v) is 2.71. The van der Waals surface area contributed by atoms with E-state index < -0.39 is 10.0 Å². The average molecular weight is 294 g/mol. The highest BCUT2D eigenvalue weighted by atomic mass is 32.2. The predicted octanol–water partition coefficient (Wildman–Crippen LogP) is 0.786. The van der Waals surface area contributed by atoms with E-state index in [1.54, 1.807) is 30.5 Å². The van der Waals surface area contributed by atoms with Gasteiger partial charge >= 0.3 is 0 Å². The quantitative estimate of drug-likeness (QED) is 0.659. The van der Waals surface area contributed by atoms with Crippen molar-refractivity contribution in [1.82, 2.24) is 20.2 Å². The summed E-state index contributed by atoms with van der Waals surface area (Å²) in [5.41, 5.74) is 2.00. The predicted molar refractivity (Wildman–Crippen MR) is 76.7 cm³/mol. The van der Waals surface area contributed by atoms with Crippen LogP contribution >= 0.6 is 0 Å². The summed E-state index contributed by atoms with van der Waals surface area (Å²) in [6.07, 6.45) is 1.68. The van der Waals surface area contributed by atoms with Crippen LogP contribution in [0, 0.1) is 6.92 Å². The molecular formula is C13H18N4O2S. The Kier molecular flexibility index (Phi) is 4.89. The number of rotatable bonds is 7. The molecule has 20 heavy (non-hydrogen) atoms. The van der Waals surface area contributed by atoms with Gasteiger partial charge in [-0.05, 0) is 25.1 Å². The van der Waals surface area contributed by atoms with Crippen LogP contribution in [0.3, 0.4) is 0 Å². The van der Waals surface area contributed by atoms with Gasteiger partial charge in [-0.25, -0.2) is 13.1 Å². The van der Waals surface area contributed by atoms with Gasteiger partial charge in [0.2, 0.25) is 10.0 Å². The van der Waals surface area contributed by atoms with Gasteiger partial charge in [-0.3, -0.25) is 5.10 Å². The number of hydrogen-bond acceptors (Lipinski definition) is 4.